The molecule has 0 aliphatic rings. The summed E-state index contributed by atoms with van der Waals surface area (Å²) in [5.41, 5.74) is 4.80. The van der Waals surface area contributed by atoms with E-state index in [9.17, 15) is 0 Å². The zero-order valence-electron chi connectivity index (χ0n) is 38.9. The monoisotopic (exact) mass is 820 g/mol. The van der Waals surface area contributed by atoms with Crippen molar-refractivity contribution in [2.24, 2.45) is 5.92 Å². The first-order valence-electron chi connectivity index (χ1n) is 21.2. The number of furan rings is 1. The molecule has 3 aromatic carbocycles. The average molecular weight is 820 g/mol. The van der Waals surface area contributed by atoms with E-state index in [-0.39, 0.29) is 53.6 Å². The maximum absolute atomic E-state index is 7.81. The number of pyridine rings is 3. The Kier molecular flexibility index (Phi) is 6.65. The Morgan fingerprint density at radius 1 is 0.792 bits per heavy atom. The van der Waals surface area contributed by atoms with Crippen molar-refractivity contribution in [3.8, 4) is 33.6 Å². The molecule has 4 heterocycles. The third-order valence-electron chi connectivity index (χ3n) is 8.72. The van der Waals surface area contributed by atoms with Crippen molar-refractivity contribution in [1.82, 2.24) is 15.0 Å². The summed E-state index contributed by atoms with van der Waals surface area (Å²) in [5, 5.41) is 1.65. The van der Waals surface area contributed by atoms with Crippen molar-refractivity contribution in [2.75, 3.05) is 0 Å². The van der Waals surface area contributed by atoms with E-state index in [0.717, 1.165) is 28.2 Å². The first kappa shape index (κ1) is 22.2. The van der Waals surface area contributed by atoms with Crippen molar-refractivity contribution in [3.63, 3.8) is 0 Å². The fourth-order valence-electron chi connectivity index (χ4n) is 5.21. The molecule has 0 unspecified atom stereocenters. The van der Waals surface area contributed by atoms with Gasteiger partial charge in [0.25, 0.3) is 0 Å². The van der Waals surface area contributed by atoms with E-state index in [1.54, 1.807) is 36.4 Å². The molecule has 48 heavy (non-hydrogen) atoms. The van der Waals surface area contributed by atoms with Crippen LogP contribution < -0.4 is 0 Å². The standard InChI is InChI=1S/C23H23N2O.C20H18N.Ir/c1-14(2)23(4,5)16-11-12-24-20(13-16)19-8-6-7-17-18-10-9-15(3)25-22(18)26-21(17)19;1-14-9-10-18(20-11-15(2)16(3)13-21-20)12-19(14)17-7-5-4-6-8-17;/h6-7,9-14H,1-5H3;4-9,11-13H,1-3H3;/q2*-1;/i3D3;1D3,2D3,3D3;. The summed E-state index contributed by atoms with van der Waals surface area (Å²) in [5.74, 6) is 0.464. The maximum atomic E-state index is 7.81. The van der Waals surface area contributed by atoms with Crippen molar-refractivity contribution >= 4 is 22.1 Å². The molecule has 7 aromatic rings. The Hall–Kier alpha value is -4.44. The van der Waals surface area contributed by atoms with E-state index in [1.165, 1.54) is 23.8 Å². The quantitative estimate of drug-likeness (QED) is 0.162. The van der Waals surface area contributed by atoms with Gasteiger partial charge in [-0.2, -0.15) is 0 Å². The molecule has 5 heteroatoms. The van der Waals surface area contributed by atoms with Gasteiger partial charge in [0.15, 0.2) is 0 Å². The number of benzene rings is 3. The Morgan fingerprint density at radius 3 is 2.35 bits per heavy atom. The molecule has 0 aliphatic carbocycles. The Bertz CT molecular complexity index is 2630. The van der Waals surface area contributed by atoms with Gasteiger partial charge in [-0.1, -0.05) is 99.1 Å². The maximum Gasteiger partial charge on any atom is 0.216 e. The van der Waals surface area contributed by atoms with E-state index in [1.807, 2.05) is 30.5 Å². The van der Waals surface area contributed by atoms with Crippen molar-refractivity contribution < 1.29 is 41.0 Å². The SMILES string of the molecule is [2H]C([2H])([2H])c1c[c-]c(-c2cc(C([2H])([2H])[2H])c(C([2H])([2H])[2H])cn2)cc1-c1ccccc1.[2H]C([2H])([2H])c1ccc2c(n1)oc1c(-c3cc(C(C)(C)C(C)C)ccn3)[c-]ccc12.[Ir]. The van der Waals surface area contributed by atoms with Gasteiger partial charge in [0.05, 0.1) is 5.58 Å². The zero-order chi connectivity index (χ0) is 43.3. The molecule has 0 saturated heterocycles. The topological polar surface area (TPSA) is 51.8 Å². The van der Waals surface area contributed by atoms with Gasteiger partial charge in [-0.25, -0.2) is 4.98 Å². The summed E-state index contributed by atoms with van der Waals surface area (Å²) >= 11 is 0. The molecule has 0 saturated carbocycles. The van der Waals surface area contributed by atoms with Crippen LogP contribution in [0.3, 0.4) is 0 Å². The molecule has 4 nitrogen and oxygen atoms in total. The molecule has 0 atom stereocenters. The first-order chi connectivity index (χ1) is 27.4. The first-order valence-corrected chi connectivity index (χ1v) is 15.2. The molecular formula is C43H41IrN3O-2. The van der Waals surface area contributed by atoms with Gasteiger partial charge in [-0.15, -0.1) is 47.5 Å². The van der Waals surface area contributed by atoms with Gasteiger partial charge < -0.3 is 14.4 Å². The van der Waals surface area contributed by atoms with Crippen LogP contribution in [0.5, 0.6) is 0 Å². The van der Waals surface area contributed by atoms with Crippen LogP contribution in [0, 0.1) is 45.5 Å². The number of aromatic nitrogens is 3. The van der Waals surface area contributed by atoms with Gasteiger partial charge >= 0.3 is 0 Å². The average Bonchev–Trinajstić information content (AvgIpc) is 3.55. The molecule has 245 valence electrons. The minimum atomic E-state index is -2.65. The largest absolute Gasteiger partial charge is 0.486 e. The molecule has 0 N–H and O–H groups in total. The van der Waals surface area contributed by atoms with Gasteiger partial charge in [0, 0.05) is 60.0 Å². The third kappa shape index (κ3) is 7.04. The molecule has 0 spiro atoms. The van der Waals surface area contributed by atoms with E-state index in [0.29, 0.717) is 33.9 Å². The van der Waals surface area contributed by atoms with Crippen molar-refractivity contribution in [1.29, 1.82) is 0 Å². The predicted molar refractivity (Wildman–Crippen MR) is 194 cm³/mol. The fourth-order valence-corrected chi connectivity index (χ4v) is 5.21. The molecular weight excluding hydrogens is 767 g/mol. The molecule has 0 bridgehead atoms. The van der Waals surface area contributed by atoms with E-state index >= 15 is 0 Å². The number of hydrogen-bond acceptors (Lipinski definition) is 4. The van der Waals surface area contributed by atoms with Crippen LogP contribution in [-0.2, 0) is 25.5 Å². The molecule has 0 amide bonds. The second kappa shape index (κ2) is 14.4. The molecule has 1 radical (unpaired) electrons. The van der Waals surface area contributed by atoms with Crippen LogP contribution in [0.25, 0.3) is 55.7 Å². The fraction of sp³-hybridized carbons (Fsp3) is 0.233. The van der Waals surface area contributed by atoms with Gasteiger partial charge in [-0.05, 0) is 78.2 Å². The van der Waals surface area contributed by atoms with Crippen LogP contribution in [0.2, 0.25) is 0 Å². The summed E-state index contributed by atoms with van der Waals surface area (Å²) < 4.78 is 98.1. The van der Waals surface area contributed by atoms with Crippen LogP contribution in [0.15, 0.2) is 102 Å². The summed E-state index contributed by atoms with van der Waals surface area (Å²) in [7, 11) is 0. The number of nitrogens with zero attached hydrogens (tertiary/aromatic N) is 3. The molecule has 0 fully saturated rings. The van der Waals surface area contributed by atoms with Gasteiger partial charge in [-0.3, -0.25) is 0 Å². The van der Waals surface area contributed by atoms with Crippen molar-refractivity contribution in [3.05, 3.63) is 137 Å². The van der Waals surface area contributed by atoms with Crippen molar-refractivity contribution in [2.45, 2.75) is 60.5 Å². The zero-order valence-corrected chi connectivity index (χ0v) is 29.3. The van der Waals surface area contributed by atoms with E-state index < -0.39 is 27.4 Å². The second-order valence-electron chi connectivity index (χ2n) is 12.2. The van der Waals surface area contributed by atoms with E-state index in [2.05, 4.69) is 60.8 Å². The number of hydrogen-bond donors (Lipinski definition) is 0. The Labute approximate surface area is 314 Å². The Morgan fingerprint density at radius 2 is 1.60 bits per heavy atom. The summed E-state index contributed by atoms with van der Waals surface area (Å²) in [6, 6.07) is 30.3. The normalized spacial score (nSPS) is 16.1. The summed E-state index contributed by atoms with van der Waals surface area (Å²) in [6.07, 6.45) is 2.85. The van der Waals surface area contributed by atoms with Crippen LogP contribution >= 0.6 is 0 Å². The molecule has 0 aliphatic heterocycles. The summed E-state index contributed by atoms with van der Waals surface area (Å²) in [6.45, 7) is -1.06. The number of fused-ring (bicyclic) bond motifs is 3. The molecule has 4 aromatic heterocycles. The van der Waals surface area contributed by atoms with Gasteiger partial charge in [0.1, 0.15) is 0 Å². The van der Waals surface area contributed by atoms with Gasteiger partial charge in [0.2, 0.25) is 5.71 Å². The number of rotatable bonds is 5. The predicted octanol–water partition coefficient (Wildman–Crippen LogP) is 11.2. The minimum absolute atomic E-state index is 0. The van der Waals surface area contributed by atoms with Crippen LogP contribution in [-0.4, -0.2) is 15.0 Å². The second-order valence-corrected chi connectivity index (χ2v) is 12.2. The number of aryl methyl sites for hydroxylation is 4. The van der Waals surface area contributed by atoms with Crippen LogP contribution in [0.1, 0.15) is 72.1 Å². The summed E-state index contributed by atoms with van der Waals surface area (Å²) in [4.78, 5) is 12.9. The van der Waals surface area contributed by atoms with E-state index in [4.69, 9.17) is 20.9 Å². The minimum Gasteiger partial charge on any atom is -0.486 e. The Balaban J connectivity index is 0.000000224. The third-order valence-corrected chi connectivity index (χ3v) is 8.72. The molecule has 7 rings (SSSR count). The smallest absolute Gasteiger partial charge is 0.216 e. The van der Waals surface area contributed by atoms with Crippen LogP contribution in [0.4, 0.5) is 0 Å².